The van der Waals surface area contributed by atoms with E-state index in [9.17, 15) is 24.0 Å². The summed E-state index contributed by atoms with van der Waals surface area (Å²) in [7, 11) is 0. The van der Waals surface area contributed by atoms with Crippen molar-refractivity contribution in [3.8, 4) is 0 Å². The minimum atomic E-state index is -0.828. The molecule has 0 saturated carbocycles. The molecule has 0 saturated heterocycles. The number of ether oxygens (including phenoxy) is 6. The van der Waals surface area contributed by atoms with Gasteiger partial charge in [-0.3, -0.25) is 19.2 Å². The minimum Gasteiger partial charge on any atom is -0.465 e. The number of esters is 4. The molecule has 0 fully saturated rings. The van der Waals surface area contributed by atoms with Crippen molar-refractivity contribution in [3.05, 3.63) is 12.2 Å². The molecule has 0 N–H and O–H groups in total. The Labute approximate surface area is 396 Å². The molecule has 0 aromatic carbocycles. The van der Waals surface area contributed by atoms with Gasteiger partial charge < -0.3 is 33.3 Å². The van der Waals surface area contributed by atoms with Gasteiger partial charge in [0.25, 0.3) is 0 Å². The summed E-state index contributed by atoms with van der Waals surface area (Å²) in [6.45, 7) is 13.7. The van der Waals surface area contributed by atoms with Gasteiger partial charge in [0.1, 0.15) is 25.9 Å². The quantitative estimate of drug-likeness (QED) is 0.0248. The van der Waals surface area contributed by atoms with Crippen molar-refractivity contribution < 1.29 is 52.4 Å². The third kappa shape index (κ3) is 43.2. The lowest BCUT2D eigenvalue weighted by molar-refractivity contribution is -0.151. The first-order valence-corrected chi connectivity index (χ1v) is 26.5. The molecule has 12 heteroatoms. The highest BCUT2D eigenvalue weighted by Crippen LogP contribution is 2.18. The molecule has 65 heavy (non-hydrogen) atoms. The molecule has 0 spiro atoms. The van der Waals surface area contributed by atoms with Crippen LogP contribution < -0.4 is 0 Å². The number of carbonyl (C=O) groups excluding carboxylic acids is 5. The Morgan fingerprint density at radius 2 is 0.862 bits per heavy atom. The number of unbranched alkanes of at least 4 members (excludes halogenated alkanes) is 18. The fourth-order valence-corrected chi connectivity index (χ4v) is 7.42. The number of nitrogens with zero attached hydrogens (tertiary/aromatic N) is 1. The smallest absolute Gasteiger partial charge is 0.465 e. The molecule has 380 valence electrons. The topological polar surface area (TPSA) is 144 Å². The largest absolute Gasteiger partial charge is 0.508 e. The van der Waals surface area contributed by atoms with Crippen LogP contribution in [0.4, 0.5) is 4.79 Å². The van der Waals surface area contributed by atoms with Crippen molar-refractivity contribution in [1.82, 2.24) is 4.90 Å². The zero-order valence-electron chi connectivity index (χ0n) is 42.3. The molecule has 0 amide bonds. The van der Waals surface area contributed by atoms with Crippen molar-refractivity contribution in [3.63, 3.8) is 0 Å². The molecule has 1 atom stereocenters. The molecule has 12 nitrogen and oxygen atoms in total. The van der Waals surface area contributed by atoms with Gasteiger partial charge in [0.15, 0.2) is 0 Å². The average Bonchev–Trinajstić information content (AvgIpc) is 3.29. The van der Waals surface area contributed by atoms with Crippen LogP contribution in [0, 0.1) is 5.92 Å². The summed E-state index contributed by atoms with van der Waals surface area (Å²) < 4.78 is 32.9. The predicted molar refractivity (Wildman–Crippen MR) is 261 cm³/mol. The lowest BCUT2D eigenvalue weighted by Crippen LogP contribution is -2.27. The normalized spacial score (nSPS) is 11.9. The van der Waals surface area contributed by atoms with E-state index in [1.165, 1.54) is 77.0 Å². The lowest BCUT2D eigenvalue weighted by Gasteiger charge is -2.19. The second-order valence-electron chi connectivity index (χ2n) is 17.7. The van der Waals surface area contributed by atoms with E-state index in [4.69, 9.17) is 28.4 Å². The highest BCUT2D eigenvalue weighted by Gasteiger charge is 2.20. The van der Waals surface area contributed by atoms with Crippen LogP contribution in [0.2, 0.25) is 0 Å². The predicted octanol–water partition coefficient (Wildman–Crippen LogP) is 13.3. The zero-order chi connectivity index (χ0) is 47.9. The van der Waals surface area contributed by atoms with Gasteiger partial charge in [-0.25, -0.2) is 4.79 Å². The van der Waals surface area contributed by atoms with Crippen molar-refractivity contribution in [2.75, 3.05) is 52.7 Å². The van der Waals surface area contributed by atoms with Crippen LogP contribution in [0.25, 0.3) is 0 Å². The van der Waals surface area contributed by atoms with E-state index < -0.39 is 18.0 Å². The number of allylic oxidation sites excluding steroid dienone is 1. The van der Waals surface area contributed by atoms with E-state index in [-0.39, 0.29) is 69.7 Å². The Morgan fingerprint density at radius 1 is 0.415 bits per heavy atom. The van der Waals surface area contributed by atoms with Gasteiger partial charge in [-0.2, -0.15) is 0 Å². The van der Waals surface area contributed by atoms with E-state index in [1.54, 1.807) is 0 Å². The number of carbonyl (C=O) groups is 5. The fraction of sp³-hybridized carbons (Fsp3) is 0.868. The Morgan fingerprint density at radius 3 is 1.42 bits per heavy atom. The Hall–Kier alpha value is -3.15. The van der Waals surface area contributed by atoms with Crippen LogP contribution in [-0.2, 0) is 47.6 Å². The van der Waals surface area contributed by atoms with Crippen molar-refractivity contribution in [1.29, 1.82) is 0 Å². The summed E-state index contributed by atoms with van der Waals surface area (Å²) >= 11 is 0. The van der Waals surface area contributed by atoms with Gasteiger partial charge in [0.2, 0.25) is 0 Å². The number of rotatable bonds is 47. The Bertz CT molecular complexity index is 1160. The standard InChI is InChI=1S/C53H97NO11/c1-6-11-14-17-20-21-27-32-42-60-49(55)37-30-25-22-26-31-38-50(56)62-44-47(46-64-53(59)61-43-34-41-54(9-4)10-5)45-63-51(57)39-33-40-52(58)65-48(35-28-23-18-15-12-7-2)36-29-24-19-16-13-8-3/h21,27,47-48H,6-20,22-26,28-46H2,1-5H3/b27-21-. The van der Waals surface area contributed by atoms with Crippen LogP contribution in [0.15, 0.2) is 12.2 Å². The summed E-state index contributed by atoms with van der Waals surface area (Å²) in [5.41, 5.74) is 0. The van der Waals surface area contributed by atoms with Crippen LogP contribution in [0.3, 0.4) is 0 Å². The van der Waals surface area contributed by atoms with Gasteiger partial charge in [0.05, 0.1) is 19.1 Å². The molecule has 0 aliphatic carbocycles. The summed E-state index contributed by atoms with van der Waals surface area (Å²) in [5, 5.41) is 0. The SMILES string of the molecule is CCCCCC/C=C\CCOC(=O)CCCCCCCC(=O)OCC(COC(=O)CCCC(=O)OC(CCCCCCCC)CCCCCCCC)COC(=O)OCCCN(CC)CC. The first kappa shape index (κ1) is 61.9. The van der Waals surface area contributed by atoms with Gasteiger partial charge >= 0.3 is 30.0 Å². The molecule has 0 aromatic heterocycles. The summed E-state index contributed by atoms with van der Waals surface area (Å²) in [6.07, 6.45) is 32.0. The van der Waals surface area contributed by atoms with E-state index in [0.29, 0.717) is 32.3 Å². The summed E-state index contributed by atoms with van der Waals surface area (Å²) in [4.78, 5) is 64.9. The van der Waals surface area contributed by atoms with E-state index in [1.807, 2.05) is 0 Å². The minimum absolute atomic E-state index is 0.0364. The zero-order valence-corrected chi connectivity index (χ0v) is 42.3. The second kappa shape index (κ2) is 47.3. The van der Waals surface area contributed by atoms with Gasteiger partial charge in [-0.15, -0.1) is 0 Å². The van der Waals surface area contributed by atoms with Gasteiger partial charge in [0, 0.05) is 32.2 Å². The molecule has 0 radical (unpaired) electrons. The average molecular weight is 924 g/mol. The van der Waals surface area contributed by atoms with E-state index >= 15 is 0 Å². The highest BCUT2D eigenvalue weighted by molar-refractivity contribution is 5.72. The van der Waals surface area contributed by atoms with Crippen LogP contribution in [0.1, 0.15) is 234 Å². The maximum Gasteiger partial charge on any atom is 0.508 e. The van der Waals surface area contributed by atoms with Crippen molar-refractivity contribution >= 4 is 30.0 Å². The molecular weight excluding hydrogens is 827 g/mol. The van der Waals surface area contributed by atoms with Crippen molar-refractivity contribution in [2.24, 2.45) is 5.92 Å². The molecule has 0 bridgehead atoms. The maximum absolute atomic E-state index is 12.8. The van der Waals surface area contributed by atoms with E-state index in [2.05, 4.69) is 51.7 Å². The van der Waals surface area contributed by atoms with Crippen molar-refractivity contribution in [2.45, 2.75) is 240 Å². The molecule has 0 aliphatic rings. The molecule has 0 heterocycles. The third-order valence-electron chi connectivity index (χ3n) is 11.6. The number of hydrogen-bond donors (Lipinski definition) is 0. The maximum atomic E-state index is 12.8. The second-order valence-corrected chi connectivity index (χ2v) is 17.7. The van der Waals surface area contributed by atoms with E-state index in [0.717, 1.165) is 96.7 Å². The molecule has 0 aromatic rings. The Balaban J connectivity index is 4.76. The first-order chi connectivity index (χ1) is 31.7. The van der Waals surface area contributed by atoms with Crippen LogP contribution >= 0.6 is 0 Å². The Kier molecular flexibility index (Phi) is 45.1. The van der Waals surface area contributed by atoms with Crippen LogP contribution in [-0.4, -0.2) is 93.7 Å². The fourth-order valence-electron chi connectivity index (χ4n) is 7.42. The van der Waals surface area contributed by atoms with Gasteiger partial charge in [-0.05, 0) is 83.7 Å². The summed E-state index contributed by atoms with van der Waals surface area (Å²) in [6, 6.07) is 0. The molecule has 1 unspecified atom stereocenters. The van der Waals surface area contributed by atoms with Gasteiger partial charge in [-0.1, -0.05) is 150 Å². The monoisotopic (exact) mass is 924 g/mol. The lowest BCUT2D eigenvalue weighted by atomic mass is 10.0. The third-order valence-corrected chi connectivity index (χ3v) is 11.6. The number of hydrogen-bond acceptors (Lipinski definition) is 12. The molecular formula is C53H97NO11. The molecule has 0 aliphatic heterocycles. The highest BCUT2D eigenvalue weighted by atomic mass is 16.7. The van der Waals surface area contributed by atoms with Crippen LogP contribution in [0.5, 0.6) is 0 Å². The molecule has 0 rings (SSSR count). The summed E-state index contributed by atoms with van der Waals surface area (Å²) in [5.74, 6) is -1.91. The first-order valence-electron chi connectivity index (χ1n) is 26.5.